The molecular formula is C12H25NO2. The molecule has 0 aromatic carbocycles. The molecule has 1 rings (SSSR count). The second-order valence-corrected chi connectivity index (χ2v) is 5.23. The van der Waals surface area contributed by atoms with Crippen LogP contribution in [0.25, 0.3) is 0 Å². The molecule has 0 aromatic rings. The fourth-order valence-electron chi connectivity index (χ4n) is 2.64. The Hall–Kier alpha value is -0.120. The van der Waals surface area contributed by atoms with Gasteiger partial charge in [0.2, 0.25) is 0 Å². The minimum absolute atomic E-state index is 0.185. The molecule has 1 fully saturated rings. The Bertz CT molecular complexity index is 194. The third-order valence-corrected chi connectivity index (χ3v) is 3.41. The summed E-state index contributed by atoms with van der Waals surface area (Å²) in [6.07, 6.45) is 2.88. The van der Waals surface area contributed by atoms with Gasteiger partial charge in [0.25, 0.3) is 0 Å². The molecule has 0 aliphatic heterocycles. The van der Waals surface area contributed by atoms with Crippen LogP contribution in [-0.4, -0.2) is 39.0 Å². The van der Waals surface area contributed by atoms with Crippen LogP contribution in [0.4, 0.5) is 0 Å². The van der Waals surface area contributed by atoms with Gasteiger partial charge in [0, 0.05) is 13.2 Å². The number of likely N-dealkylation sites (N-methyl/N-ethyl adjacent to an activating group) is 1. The lowest BCUT2D eigenvalue weighted by Crippen LogP contribution is -2.44. The van der Waals surface area contributed by atoms with E-state index in [2.05, 4.69) is 26.1 Å². The molecule has 90 valence electrons. The average molecular weight is 215 g/mol. The van der Waals surface area contributed by atoms with E-state index in [1.165, 1.54) is 6.42 Å². The van der Waals surface area contributed by atoms with Gasteiger partial charge >= 0.3 is 0 Å². The van der Waals surface area contributed by atoms with E-state index in [0.717, 1.165) is 6.42 Å². The van der Waals surface area contributed by atoms with Crippen molar-refractivity contribution in [3.05, 3.63) is 0 Å². The fraction of sp³-hybridized carbons (Fsp3) is 1.00. The largest absolute Gasteiger partial charge is 0.382 e. The van der Waals surface area contributed by atoms with Gasteiger partial charge in [-0.1, -0.05) is 13.8 Å². The molecule has 1 aliphatic rings. The molecule has 15 heavy (non-hydrogen) atoms. The summed E-state index contributed by atoms with van der Waals surface area (Å²) in [4.78, 5) is 0. The molecule has 0 saturated heterocycles. The minimum Gasteiger partial charge on any atom is -0.382 e. The summed E-state index contributed by atoms with van der Waals surface area (Å²) >= 11 is 0. The fourth-order valence-corrected chi connectivity index (χ4v) is 2.64. The van der Waals surface area contributed by atoms with E-state index in [9.17, 15) is 0 Å². The van der Waals surface area contributed by atoms with Crippen molar-refractivity contribution in [2.45, 2.75) is 51.9 Å². The highest BCUT2D eigenvalue weighted by Crippen LogP contribution is 2.39. The Balaban J connectivity index is 2.49. The van der Waals surface area contributed by atoms with Gasteiger partial charge in [0.05, 0.1) is 18.8 Å². The number of methoxy groups -OCH3 is 1. The first kappa shape index (κ1) is 12.9. The Morgan fingerprint density at radius 2 is 2.13 bits per heavy atom. The van der Waals surface area contributed by atoms with Crippen LogP contribution in [0.5, 0.6) is 0 Å². The zero-order valence-corrected chi connectivity index (χ0v) is 10.7. The molecule has 1 N–H and O–H groups in total. The predicted molar refractivity (Wildman–Crippen MR) is 62.1 cm³/mol. The predicted octanol–water partition coefficient (Wildman–Crippen LogP) is 1.81. The summed E-state index contributed by atoms with van der Waals surface area (Å²) in [5, 5.41) is 3.39. The first-order valence-corrected chi connectivity index (χ1v) is 5.83. The normalized spacial score (nSPS) is 31.8. The topological polar surface area (TPSA) is 30.5 Å². The molecule has 0 amide bonds. The molecule has 0 bridgehead atoms. The molecule has 0 heterocycles. The second kappa shape index (κ2) is 5.28. The van der Waals surface area contributed by atoms with Crippen molar-refractivity contribution in [1.82, 2.24) is 5.32 Å². The van der Waals surface area contributed by atoms with Crippen molar-refractivity contribution in [1.29, 1.82) is 0 Å². The smallest absolute Gasteiger partial charge is 0.0784 e. The molecule has 3 atom stereocenters. The number of ether oxygens (including phenoxy) is 2. The summed E-state index contributed by atoms with van der Waals surface area (Å²) in [5.74, 6) is 0. The van der Waals surface area contributed by atoms with Crippen molar-refractivity contribution in [3.63, 3.8) is 0 Å². The molecule has 1 aliphatic carbocycles. The molecule has 3 unspecified atom stereocenters. The number of nitrogens with one attached hydrogen (secondary N) is 1. The number of hydrogen-bond donors (Lipinski definition) is 1. The average Bonchev–Trinajstić information content (AvgIpc) is 2.41. The van der Waals surface area contributed by atoms with E-state index in [1.54, 1.807) is 7.11 Å². The van der Waals surface area contributed by atoms with Crippen LogP contribution in [0.1, 0.15) is 33.6 Å². The quantitative estimate of drug-likeness (QED) is 0.759. The lowest BCUT2D eigenvalue weighted by molar-refractivity contribution is -0.0503. The molecule has 3 heteroatoms. The Morgan fingerprint density at radius 3 is 2.67 bits per heavy atom. The number of rotatable bonds is 5. The summed E-state index contributed by atoms with van der Waals surface area (Å²) in [7, 11) is 3.74. The third-order valence-electron chi connectivity index (χ3n) is 3.41. The third kappa shape index (κ3) is 3.16. The SMILES string of the molecule is CNC1C(OC(C)COC)CCC1(C)C. The zero-order chi connectivity index (χ0) is 11.5. The van der Waals surface area contributed by atoms with Gasteiger partial charge in [-0.2, -0.15) is 0 Å². The van der Waals surface area contributed by atoms with Crippen LogP contribution in [0.15, 0.2) is 0 Å². The van der Waals surface area contributed by atoms with Crippen LogP contribution in [0.3, 0.4) is 0 Å². The van der Waals surface area contributed by atoms with E-state index < -0.39 is 0 Å². The lowest BCUT2D eigenvalue weighted by atomic mass is 9.87. The van der Waals surface area contributed by atoms with Gasteiger partial charge in [-0.3, -0.25) is 0 Å². The van der Waals surface area contributed by atoms with Crippen molar-refractivity contribution in [2.75, 3.05) is 20.8 Å². The highest BCUT2D eigenvalue weighted by molar-refractivity contribution is 4.96. The molecular weight excluding hydrogens is 190 g/mol. The van der Waals surface area contributed by atoms with Gasteiger partial charge in [0.1, 0.15) is 0 Å². The van der Waals surface area contributed by atoms with E-state index in [4.69, 9.17) is 9.47 Å². The minimum atomic E-state index is 0.185. The summed E-state index contributed by atoms with van der Waals surface area (Å²) in [6.45, 7) is 7.35. The highest BCUT2D eigenvalue weighted by Gasteiger charge is 2.42. The molecule has 1 saturated carbocycles. The zero-order valence-electron chi connectivity index (χ0n) is 10.7. The monoisotopic (exact) mass is 215 g/mol. The van der Waals surface area contributed by atoms with E-state index >= 15 is 0 Å². The standard InChI is InChI=1S/C12H25NO2/c1-9(8-14-5)15-10-6-7-12(2,3)11(10)13-4/h9-11,13H,6-8H2,1-5H3. The summed E-state index contributed by atoms with van der Waals surface area (Å²) in [6, 6.07) is 0.455. The van der Waals surface area contributed by atoms with Crippen molar-refractivity contribution < 1.29 is 9.47 Å². The molecule has 0 aromatic heterocycles. The van der Waals surface area contributed by atoms with Crippen LogP contribution in [0.2, 0.25) is 0 Å². The van der Waals surface area contributed by atoms with E-state index in [0.29, 0.717) is 24.2 Å². The van der Waals surface area contributed by atoms with Crippen molar-refractivity contribution >= 4 is 0 Å². The molecule has 3 nitrogen and oxygen atoms in total. The van der Waals surface area contributed by atoms with Gasteiger partial charge < -0.3 is 14.8 Å². The number of hydrogen-bond acceptors (Lipinski definition) is 3. The van der Waals surface area contributed by atoms with Gasteiger partial charge in [-0.05, 0) is 32.2 Å². The first-order chi connectivity index (χ1) is 7.01. The lowest BCUT2D eigenvalue weighted by Gasteiger charge is -2.31. The maximum Gasteiger partial charge on any atom is 0.0784 e. The van der Waals surface area contributed by atoms with Crippen molar-refractivity contribution in [2.24, 2.45) is 5.41 Å². The highest BCUT2D eigenvalue weighted by atomic mass is 16.5. The van der Waals surface area contributed by atoms with E-state index in [-0.39, 0.29) is 6.10 Å². The summed E-state index contributed by atoms with van der Waals surface area (Å²) in [5.41, 5.74) is 0.339. The van der Waals surface area contributed by atoms with Gasteiger partial charge in [-0.15, -0.1) is 0 Å². The van der Waals surface area contributed by atoms with Crippen molar-refractivity contribution in [3.8, 4) is 0 Å². The Labute approximate surface area is 93.5 Å². The Morgan fingerprint density at radius 1 is 1.47 bits per heavy atom. The second-order valence-electron chi connectivity index (χ2n) is 5.23. The Kier molecular flexibility index (Phi) is 4.56. The van der Waals surface area contributed by atoms with E-state index in [1.807, 2.05) is 7.05 Å². The van der Waals surface area contributed by atoms with Crippen LogP contribution >= 0.6 is 0 Å². The van der Waals surface area contributed by atoms with Crippen LogP contribution in [0, 0.1) is 5.41 Å². The van der Waals surface area contributed by atoms with Gasteiger partial charge in [0.15, 0.2) is 0 Å². The molecule has 0 spiro atoms. The summed E-state index contributed by atoms with van der Waals surface area (Å²) < 4.78 is 11.1. The van der Waals surface area contributed by atoms with Crippen LogP contribution in [-0.2, 0) is 9.47 Å². The van der Waals surface area contributed by atoms with Crippen LogP contribution < -0.4 is 5.32 Å². The first-order valence-electron chi connectivity index (χ1n) is 5.83. The maximum atomic E-state index is 6.00. The maximum absolute atomic E-state index is 6.00. The van der Waals surface area contributed by atoms with Gasteiger partial charge in [-0.25, -0.2) is 0 Å². The molecule has 0 radical (unpaired) electrons.